The number of aryl methyl sites for hydroxylation is 1. The van der Waals surface area contributed by atoms with Gasteiger partial charge in [0.25, 0.3) is 0 Å². The molecule has 2 aromatic carbocycles. The van der Waals surface area contributed by atoms with Gasteiger partial charge >= 0.3 is 0 Å². The summed E-state index contributed by atoms with van der Waals surface area (Å²) in [7, 11) is -1.43. The Morgan fingerprint density at radius 3 is 2.60 bits per heavy atom. The van der Waals surface area contributed by atoms with E-state index in [1.165, 1.54) is 31.5 Å². The first-order chi connectivity index (χ1) is 14.3. The third kappa shape index (κ3) is 4.57. The molecule has 0 unspecified atom stereocenters. The number of rotatable bonds is 8. The molecular weight excluding hydrogens is 423 g/mol. The zero-order valence-corrected chi connectivity index (χ0v) is 16.5. The van der Waals surface area contributed by atoms with Crippen LogP contribution < -0.4 is 9.46 Å². The van der Waals surface area contributed by atoms with Gasteiger partial charge in [0.15, 0.2) is 17.4 Å². The number of benzene rings is 2. The lowest BCUT2D eigenvalue weighted by atomic mass is 9.97. The lowest BCUT2D eigenvalue weighted by Crippen LogP contribution is -2.15. The summed E-state index contributed by atoms with van der Waals surface area (Å²) >= 11 is 0. The van der Waals surface area contributed by atoms with Gasteiger partial charge in [-0.25, -0.2) is 36.3 Å². The molecule has 1 heterocycles. The minimum atomic E-state index is -2.82. The zero-order chi connectivity index (χ0) is 21.8. The Morgan fingerprint density at radius 1 is 1.13 bits per heavy atom. The summed E-state index contributed by atoms with van der Waals surface area (Å²) in [4.78, 5) is 21.0. The van der Waals surface area contributed by atoms with E-state index in [2.05, 4.69) is 14.7 Å². The molecular formula is C19H16F3N3O4S. The summed E-state index contributed by atoms with van der Waals surface area (Å²) in [6.07, 6.45) is 1.41. The van der Waals surface area contributed by atoms with Gasteiger partial charge in [-0.1, -0.05) is 0 Å². The highest BCUT2D eigenvalue weighted by molar-refractivity contribution is 7.70. The van der Waals surface area contributed by atoms with Crippen molar-refractivity contribution in [3.8, 4) is 5.88 Å². The molecule has 0 aliphatic carbocycles. The van der Waals surface area contributed by atoms with Gasteiger partial charge in [0.2, 0.25) is 16.8 Å². The fraction of sp³-hybridized carbons (Fsp3) is 0.211. The first-order valence-corrected chi connectivity index (χ1v) is 9.89. The molecule has 0 radical (unpaired) electrons. The molecule has 3 aromatic rings. The first-order valence-electron chi connectivity index (χ1n) is 8.71. The molecule has 0 aliphatic rings. The number of nitrogens with one attached hydrogen (secondary N) is 1. The number of ketones is 1. The summed E-state index contributed by atoms with van der Waals surface area (Å²) in [6.45, 7) is -0.00834. The van der Waals surface area contributed by atoms with Crippen LogP contribution in [-0.4, -0.2) is 37.8 Å². The summed E-state index contributed by atoms with van der Waals surface area (Å²) in [6, 6.07) is 4.70. The van der Waals surface area contributed by atoms with Crippen molar-refractivity contribution < 1.29 is 31.1 Å². The number of carbonyl (C=O) groups is 1. The average Bonchev–Trinajstić information content (AvgIpc) is 2.73. The van der Waals surface area contributed by atoms with Crippen molar-refractivity contribution in [2.75, 3.05) is 13.7 Å². The van der Waals surface area contributed by atoms with E-state index in [1.54, 1.807) is 0 Å². The van der Waals surface area contributed by atoms with Gasteiger partial charge < -0.3 is 4.74 Å². The van der Waals surface area contributed by atoms with Crippen molar-refractivity contribution in [3.63, 3.8) is 0 Å². The van der Waals surface area contributed by atoms with Gasteiger partial charge in [-0.2, -0.15) is 0 Å². The fourth-order valence-electron chi connectivity index (χ4n) is 2.86. The van der Waals surface area contributed by atoms with Crippen molar-refractivity contribution in [1.82, 2.24) is 14.7 Å². The Bertz CT molecular complexity index is 1190. The lowest BCUT2D eigenvalue weighted by Gasteiger charge is -2.11. The van der Waals surface area contributed by atoms with E-state index in [-0.39, 0.29) is 41.9 Å². The van der Waals surface area contributed by atoms with Crippen LogP contribution in [0.15, 0.2) is 30.5 Å². The van der Waals surface area contributed by atoms with E-state index in [0.29, 0.717) is 11.6 Å². The number of nitrogens with zero attached hydrogens (tertiary/aromatic N) is 2. The summed E-state index contributed by atoms with van der Waals surface area (Å²) in [5, 5.41) is 0. The van der Waals surface area contributed by atoms with Crippen molar-refractivity contribution in [1.29, 1.82) is 0 Å². The molecule has 11 heteroatoms. The number of carbonyl (C=O) groups excluding carboxylic acids is 1. The van der Waals surface area contributed by atoms with Crippen molar-refractivity contribution in [2.24, 2.45) is 0 Å². The Hall–Kier alpha value is -3.05. The molecule has 0 bridgehead atoms. The molecule has 1 N–H and O–H groups in total. The van der Waals surface area contributed by atoms with Gasteiger partial charge in [0, 0.05) is 12.1 Å². The first kappa shape index (κ1) is 21.7. The predicted molar refractivity (Wildman–Crippen MR) is 102 cm³/mol. The Balaban J connectivity index is 1.97. The lowest BCUT2D eigenvalue weighted by molar-refractivity contribution is 0.102. The van der Waals surface area contributed by atoms with E-state index in [9.17, 15) is 26.4 Å². The van der Waals surface area contributed by atoms with Gasteiger partial charge in [0.1, 0.15) is 5.82 Å². The third-order valence-electron chi connectivity index (χ3n) is 4.31. The van der Waals surface area contributed by atoms with Crippen LogP contribution in [0.25, 0.3) is 11.0 Å². The maximum atomic E-state index is 14.9. The van der Waals surface area contributed by atoms with E-state index in [1.807, 2.05) is 0 Å². The van der Waals surface area contributed by atoms with Crippen LogP contribution >= 0.6 is 0 Å². The quantitative estimate of drug-likeness (QED) is 0.242. The zero-order valence-electron chi connectivity index (χ0n) is 15.6. The van der Waals surface area contributed by atoms with Crippen LogP contribution in [-0.2, 0) is 17.3 Å². The molecule has 0 spiro atoms. The molecule has 1 aromatic heterocycles. The molecule has 0 amide bonds. The minimum Gasteiger partial charge on any atom is -0.480 e. The SMILES string of the molecule is COc1cnc2ccc(C(=O)c3c(F)c(F)cc(CCCN[SH](=O)=O)c3F)cc2n1. The number of hydrogen-bond donors (Lipinski definition) is 2. The normalized spacial score (nSPS) is 11.2. The number of aromatic nitrogens is 2. The van der Waals surface area contributed by atoms with Gasteiger partial charge in [0.05, 0.1) is 29.9 Å². The number of methoxy groups -OCH3 is 1. The van der Waals surface area contributed by atoms with Crippen LogP contribution in [0.4, 0.5) is 13.2 Å². The second-order valence-electron chi connectivity index (χ2n) is 6.23. The largest absolute Gasteiger partial charge is 0.480 e. The molecule has 158 valence electrons. The molecule has 0 saturated carbocycles. The number of halogens is 3. The van der Waals surface area contributed by atoms with E-state index in [0.717, 1.165) is 0 Å². The standard InChI is InChI=1S/C19H16F3N3O4S/c1-29-15-9-23-13-5-4-11(8-14(13)25-15)19(26)16-17(21)10(7-12(20)18(16)22)3-2-6-24-30(27)28/h4-5,7-9,30H,2-3,6H2,1H3,(H,24,27,28). The smallest absolute Gasteiger partial charge is 0.232 e. The van der Waals surface area contributed by atoms with E-state index < -0.39 is 39.7 Å². The number of fused-ring (bicyclic) bond motifs is 1. The summed E-state index contributed by atoms with van der Waals surface area (Å²) in [5.74, 6) is -5.04. The number of thiol groups is 1. The highest BCUT2D eigenvalue weighted by atomic mass is 32.2. The van der Waals surface area contributed by atoms with Gasteiger partial charge in [-0.3, -0.25) is 4.79 Å². The van der Waals surface area contributed by atoms with E-state index >= 15 is 0 Å². The van der Waals surface area contributed by atoms with Crippen LogP contribution in [0.3, 0.4) is 0 Å². The maximum Gasteiger partial charge on any atom is 0.232 e. The topological polar surface area (TPSA) is 98.2 Å². The fourth-order valence-corrected chi connectivity index (χ4v) is 3.21. The summed E-state index contributed by atoms with van der Waals surface area (Å²) in [5.41, 5.74) is -0.678. The molecule has 3 rings (SSSR count). The van der Waals surface area contributed by atoms with Crippen molar-refractivity contribution in [3.05, 3.63) is 64.6 Å². The van der Waals surface area contributed by atoms with Crippen LogP contribution in [0.5, 0.6) is 5.88 Å². The monoisotopic (exact) mass is 439 g/mol. The molecule has 30 heavy (non-hydrogen) atoms. The van der Waals surface area contributed by atoms with Crippen molar-refractivity contribution >= 4 is 27.7 Å². The Labute approximate surface area is 171 Å². The van der Waals surface area contributed by atoms with Crippen LogP contribution in [0.2, 0.25) is 0 Å². The number of hydrogen-bond acceptors (Lipinski definition) is 6. The summed E-state index contributed by atoms with van der Waals surface area (Å²) < 4.78 is 71.3. The second-order valence-corrected chi connectivity index (χ2v) is 7.06. The Kier molecular flexibility index (Phi) is 6.63. The minimum absolute atomic E-state index is 0.00834. The van der Waals surface area contributed by atoms with E-state index in [4.69, 9.17) is 4.74 Å². The molecule has 0 fully saturated rings. The van der Waals surface area contributed by atoms with Crippen LogP contribution in [0, 0.1) is 17.5 Å². The number of ether oxygens (including phenoxy) is 1. The highest BCUT2D eigenvalue weighted by Gasteiger charge is 2.25. The average molecular weight is 439 g/mol. The molecule has 7 nitrogen and oxygen atoms in total. The maximum absolute atomic E-state index is 14.9. The van der Waals surface area contributed by atoms with Gasteiger partial charge in [-0.05, 0) is 42.7 Å². The van der Waals surface area contributed by atoms with Gasteiger partial charge in [-0.15, -0.1) is 0 Å². The highest BCUT2D eigenvalue weighted by Crippen LogP contribution is 2.25. The van der Waals surface area contributed by atoms with Crippen LogP contribution in [0.1, 0.15) is 27.9 Å². The third-order valence-corrected chi connectivity index (χ3v) is 4.80. The Morgan fingerprint density at radius 2 is 1.90 bits per heavy atom. The second kappa shape index (κ2) is 9.18. The molecule has 0 aliphatic heterocycles. The predicted octanol–water partition coefficient (Wildman–Crippen LogP) is 2.34. The molecule has 0 atom stereocenters. The van der Waals surface area contributed by atoms with Crippen molar-refractivity contribution in [2.45, 2.75) is 12.8 Å². The molecule has 0 saturated heterocycles.